The van der Waals surface area contributed by atoms with Gasteiger partial charge in [-0.1, -0.05) is 38.7 Å². The smallest absolute Gasteiger partial charge is 0.0249 e. The first kappa shape index (κ1) is 10.8. The standard InChI is InChI=1S/C12H23N/c1-3-5-10-6-8-11(9-7-10)12(13)4-2/h4,10-12H,2-3,5-9,13H2,1H3. The minimum Gasteiger partial charge on any atom is -0.324 e. The van der Waals surface area contributed by atoms with E-state index in [1.807, 2.05) is 6.08 Å². The molecule has 1 fully saturated rings. The normalized spacial score (nSPS) is 31.2. The SMILES string of the molecule is C=CC(N)C1CCC(CCC)CC1. The molecule has 1 nitrogen and oxygen atoms in total. The van der Waals surface area contributed by atoms with Crippen molar-refractivity contribution in [2.45, 2.75) is 51.5 Å². The van der Waals surface area contributed by atoms with E-state index in [4.69, 9.17) is 5.73 Å². The second kappa shape index (κ2) is 5.43. The highest BCUT2D eigenvalue weighted by Crippen LogP contribution is 2.32. The van der Waals surface area contributed by atoms with E-state index in [-0.39, 0.29) is 6.04 Å². The number of rotatable bonds is 4. The van der Waals surface area contributed by atoms with Crippen LogP contribution in [-0.2, 0) is 0 Å². The monoisotopic (exact) mass is 181 g/mol. The molecule has 1 aliphatic carbocycles. The Balaban J connectivity index is 2.26. The average Bonchev–Trinajstić information content (AvgIpc) is 2.18. The highest BCUT2D eigenvalue weighted by molar-refractivity contribution is 4.90. The predicted octanol–water partition coefficient (Wildman–Crippen LogP) is 3.11. The molecule has 13 heavy (non-hydrogen) atoms. The van der Waals surface area contributed by atoms with E-state index < -0.39 is 0 Å². The van der Waals surface area contributed by atoms with Gasteiger partial charge >= 0.3 is 0 Å². The largest absolute Gasteiger partial charge is 0.324 e. The molecule has 1 aliphatic rings. The van der Waals surface area contributed by atoms with Crippen LogP contribution >= 0.6 is 0 Å². The molecule has 0 spiro atoms. The van der Waals surface area contributed by atoms with Crippen LogP contribution in [0.4, 0.5) is 0 Å². The van der Waals surface area contributed by atoms with Crippen LogP contribution in [0.15, 0.2) is 12.7 Å². The molecule has 76 valence electrons. The quantitative estimate of drug-likeness (QED) is 0.663. The fourth-order valence-electron chi connectivity index (χ4n) is 2.46. The molecule has 0 aromatic carbocycles. The molecule has 0 heterocycles. The molecular weight excluding hydrogens is 158 g/mol. The summed E-state index contributed by atoms with van der Waals surface area (Å²) in [6.07, 6.45) is 10.1. The minimum absolute atomic E-state index is 0.238. The lowest BCUT2D eigenvalue weighted by Gasteiger charge is -2.30. The minimum atomic E-state index is 0.238. The average molecular weight is 181 g/mol. The Morgan fingerprint density at radius 2 is 2.00 bits per heavy atom. The van der Waals surface area contributed by atoms with E-state index in [0.717, 1.165) is 5.92 Å². The van der Waals surface area contributed by atoms with Crippen molar-refractivity contribution in [1.82, 2.24) is 0 Å². The molecule has 1 unspecified atom stereocenters. The van der Waals surface area contributed by atoms with Gasteiger partial charge in [-0.2, -0.15) is 0 Å². The zero-order valence-corrected chi connectivity index (χ0v) is 8.84. The van der Waals surface area contributed by atoms with Crippen LogP contribution < -0.4 is 5.73 Å². The van der Waals surface area contributed by atoms with Crippen molar-refractivity contribution in [3.05, 3.63) is 12.7 Å². The molecule has 1 saturated carbocycles. The van der Waals surface area contributed by atoms with Crippen LogP contribution in [-0.4, -0.2) is 6.04 Å². The predicted molar refractivity (Wildman–Crippen MR) is 58.5 cm³/mol. The molecule has 0 amide bonds. The molecule has 0 saturated heterocycles. The summed E-state index contributed by atoms with van der Waals surface area (Å²) in [7, 11) is 0. The third kappa shape index (κ3) is 3.15. The van der Waals surface area contributed by atoms with Crippen molar-refractivity contribution in [2.24, 2.45) is 17.6 Å². The molecule has 1 heteroatoms. The van der Waals surface area contributed by atoms with E-state index >= 15 is 0 Å². The molecule has 0 radical (unpaired) electrons. The molecular formula is C12H23N. The van der Waals surface area contributed by atoms with Gasteiger partial charge in [0.2, 0.25) is 0 Å². The Bertz CT molecular complexity index is 145. The van der Waals surface area contributed by atoms with E-state index in [2.05, 4.69) is 13.5 Å². The van der Waals surface area contributed by atoms with Crippen molar-refractivity contribution < 1.29 is 0 Å². The van der Waals surface area contributed by atoms with Crippen molar-refractivity contribution in [3.8, 4) is 0 Å². The Morgan fingerprint density at radius 1 is 1.38 bits per heavy atom. The van der Waals surface area contributed by atoms with Gasteiger partial charge in [-0.15, -0.1) is 6.58 Å². The summed E-state index contributed by atoms with van der Waals surface area (Å²) in [6.45, 7) is 6.05. The highest BCUT2D eigenvalue weighted by atomic mass is 14.6. The van der Waals surface area contributed by atoms with Crippen LogP contribution in [0, 0.1) is 11.8 Å². The van der Waals surface area contributed by atoms with E-state index in [1.165, 1.54) is 38.5 Å². The lowest BCUT2D eigenvalue weighted by molar-refractivity contribution is 0.248. The second-order valence-corrected chi connectivity index (χ2v) is 4.38. The summed E-state index contributed by atoms with van der Waals surface area (Å²) < 4.78 is 0. The molecule has 0 aliphatic heterocycles. The topological polar surface area (TPSA) is 26.0 Å². The van der Waals surface area contributed by atoms with E-state index in [9.17, 15) is 0 Å². The third-order valence-corrected chi connectivity index (χ3v) is 3.40. The first-order chi connectivity index (χ1) is 6.27. The number of hydrogen-bond donors (Lipinski definition) is 1. The summed E-state index contributed by atoms with van der Waals surface area (Å²) >= 11 is 0. The maximum Gasteiger partial charge on any atom is 0.0249 e. The molecule has 2 N–H and O–H groups in total. The maximum atomic E-state index is 5.95. The summed E-state index contributed by atoms with van der Waals surface area (Å²) in [6, 6.07) is 0.238. The van der Waals surface area contributed by atoms with Crippen LogP contribution in [0.2, 0.25) is 0 Å². The Hall–Kier alpha value is -0.300. The fourth-order valence-corrected chi connectivity index (χ4v) is 2.46. The lowest BCUT2D eigenvalue weighted by atomic mass is 9.77. The van der Waals surface area contributed by atoms with Crippen LogP contribution in [0.5, 0.6) is 0 Å². The van der Waals surface area contributed by atoms with Gasteiger partial charge in [0.1, 0.15) is 0 Å². The number of hydrogen-bond acceptors (Lipinski definition) is 1. The van der Waals surface area contributed by atoms with Gasteiger partial charge in [0.05, 0.1) is 0 Å². The Labute approximate surface area is 82.4 Å². The first-order valence-electron chi connectivity index (χ1n) is 5.66. The first-order valence-corrected chi connectivity index (χ1v) is 5.66. The molecule has 0 aromatic rings. The van der Waals surface area contributed by atoms with Gasteiger partial charge in [-0.25, -0.2) is 0 Å². The van der Waals surface area contributed by atoms with Crippen LogP contribution in [0.1, 0.15) is 45.4 Å². The van der Waals surface area contributed by atoms with Gasteiger partial charge in [0, 0.05) is 6.04 Å². The summed E-state index contributed by atoms with van der Waals surface area (Å²) in [4.78, 5) is 0. The van der Waals surface area contributed by atoms with E-state index in [0.29, 0.717) is 5.92 Å². The maximum absolute atomic E-state index is 5.95. The van der Waals surface area contributed by atoms with Gasteiger partial charge in [-0.05, 0) is 24.7 Å². The molecule has 1 atom stereocenters. The lowest BCUT2D eigenvalue weighted by Crippen LogP contribution is -2.31. The number of nitrogens with two attached hydrogens (primary N) is 1. The summed E-state index contributed by atoms with van der Waals surface area (Å²) in [5.41, 5.74) is 5.95. The third-order valence-electron chi connectivity index (χ3n) is 3.40. The van der Waals surface area contributed by atoms with Crippen LogP contribution in [0.3, 0.4) is 0 Å². The van der Waals surface area contributed by atoms with Crippen molar-refractivity contribution >= 4 is 0 Å². The Morgan fingerprint density at radius 3 is 2.46 bits per heavy atom. The fraction of sp³-hybridized carbons (Fsp3) is 0.833. The summed E-state index contributed by atoms with van der Waals surface area (Å²) in [5, 5.41) is 0. The van der Waals surface area contributed by atoms with Gasteiger partial charge in [-0.3, -0.25) is 0 Å². The summed E-state index contributed by atoms with van der Waals surface area (Å²) in [5.74, 6) is 1.70. The molecule has 1 rings (SSSR count). The van der Waals surface area contributed by atoms with Crippen molar-refractivity contribution in [2.75, 3.05) is 0 Å². The second-order valence-electron chi connectivity index (χ2n) is 4.38. The van der Waals surface area contributed by atoms with Gasteiger partial charge in [0.15, 0.2) is 0 Å². The molecule has 0 aromatic heterocycles. The van der Waals surface area contributed by atoms with Crippen molar-refractivity contribution in [3.63, 3.8) is 0 Å². The van der Waals surface area contributed by atoms with Gasteiger partial charge in [0.25, 0.3) is 0 Å². The molecule has 0 bridgehead atoms. The zero-order valence-electron chi connectivity index (χ0n) is 8.84. The highest BCUT2D eigenvalue weighted by Gasteiger charge is 2.23. The Kier molecular flexibility index (Phi) is 4.51. The van der Waals surface area contributed by atoms with E-state index in [1.54, 1.807) is 0 Å². The van der Waals surface area contributed by atoms with Crippen LogP contribution in [0.25, 0.3) is 0 Å². The van der Waals surface area contributed by atoms with Gasteiger partial charge < -0.3 is 5.73 Å². The van der Waals surface area contributed by atoms with Crippen molar-refractivity contribution in [1.29, 1.82) is 0 Å². The zero-order chi connectivity index (χ0) is 9.68.